The number of rotatable bonds is 2. The lowest BCUT2D eigenvalue weighted by atomic mass is 10.1. The summed E-state index contributed by atoms with van der Waals surface area (Å²) in [6, 6.07) is 2.78. The van der Waals surface area contributed by atoms with Gasteiger partial charge in [-0.1, -0.05) is 34.8 Å². The minimum Gasteiger partial charge on any atom is -0.480 e. The van der Waals surface area contributed by atoms with Crippen LogP contribution in [0.5, 0.6) is 0 Å². The average Bonchev–Trinajstić information content (AvgIpc) is 2.01. The summed E-state index contributed by atoms with van der Waals surface area (Å²) < 4.78 is 0. The summed E-state index contributed by atoms with van der Waals surface area (Å²) in [6.07, 6.45) is 0. The third-order valence-corrected chi connectivity index (χ3v) is 2.76. The Bertz CT molecular complexity index is 355. The minimum absolute atomic E-state index is 0.143. The van der Waals surface area contributed by atoms with Gasteiger partial charge in [0.15, 0.2) is 5.38 Å². The smallest absolute Gasteiger partial charge is 0.326 e. The van der Waals surface area contributed by atoms with Gasteiger partial charge in [0.25, 0.3) is 0 Å². The number of aliphatic carboxylic acids is 1. The highest BCUT2D eigenvalue weighted by atomic mass is 35.5. The Morgan fingerprint density at radius 2 is 1.64 bits per heavy atom. The second-order valence-corrected chi connectivity index (χ2v) is 4.17. The number of carboxylic acids is 1. The van der Waals surface area contributed by atoms with Crippen molar-refractivity contribution in [2.24, 2.45) is 0 Å². The molecule has 2 nitrogen and oxygen atoms in total. The number of hydrogen-bond donors (Lipinski definition) is 1. The van der Waals surface area contributed by atoms with Crippen LogP contribution in [-0.4, -0.2) is 11.1 Å². The van der Waals surface area contributed by atoms with Crippen molar-refractivity contribution in [1.29, 1.82) is 0 Å². The Labute approximate surface area is 100 Å². The Balaban J connectivity index is 3.27. The van der Waals surface area contributed by atoms with Gasteiger partial charge >= 0.3 is 5.97 Å². The lowest BCUT2D eigenvalue weighted by Gasteiger charge is -2.09. The van der Waals surface area contributed by atoms with E-state index in [9.17, 15) is 4.79 Å². The van der Waals surface area contributed by atoms with Crippen molar-refractivity contribution < 1.29 is 9.90 Å². The molecule has 0 saturated carbocycles. The molecular formula is C8H4Cl4O2. The fourth-order valence-electron chi connectivity index (χ4n) is 0.919. The zero-order valence-corrected chi connectivity index (χ0v) is 9.62. The van der Waals surface area contributed by atoms with Crippen molar-refractivity contribution in [2.45, 2.75) is 5.38 Å². The zero-order valence-electron chi connectivity index (χ0n) is 6.60. The Kier molecular flexibility index (Phi) is 3.90. The molecule has 0 fully saturated rings. The van der Waals surface area contributed by atoms with Crippen LogP contribution in [0.25, 0.3) is 0 Å². The van der Waals surface area contributed by atoms with Crippen LogP contribution in [0.3, 0.4) is 0 Å². The summed E-state index contributed by atoms with van der Waals surface area (Å²) >= 11 is 22.8. The van der Waals surface area contributed by atoms with E-state index >= 15 is 0 Å². The standard InChI is InChI=1S/C8H4Cl4O2/c9-3-1-4(10)6(5(11)2-3)7(12)8(13)14/h1-2,7H,(H,13,14). The van der Waals surface area contributed by atoms with Crippen LogP contribution < -0.4 is 0 Å². The molecule has 0 heterocycles. The van der Waals surface area contributed by atoms with Crippen LogP contribution in [0.1, 0.15) is 10.9 Å². The van der Waals surface area contributed by atoms with E-state index in [2.05, 4.69) is 0 Å². The van der Waals surface area contributed by atoms with E-state index in [1.54, 1.807) is 0 Å². The summed E-state index contributed by atoms with van der Waals surface area (Å²) in [5, 5.41) is 8.02. The highest BCUT2D eigenvalue weighted by Gasteiger charge is 2.22. The molecule has 0 aliphatic rings. The molecule has 0 aliphatic heterocycles. The molecule has 0 saturated heterocycles. The van der Waals surface area contributed by atoms with Crippen LogP contribution in [-0.2, 0) is 4.79 Å². The fraction of sp³-hybridized carbons (Fsp3) is 0.125. The maximum atomic E-state index is 10.6. The molecule has 1 aromatic carbocycles. The van der Waals surface area contributed by atoms with Crippen molar-refractivity contribution in [1.82, 2.24) is 0 Å². The number of carbonyl (C=O) groups is 1. The maximum Gasteiger partial charge on any atom is 0.326 e. The largest absolute Gasteiger partial charge is 0.480 e. The SMILES string of the molecule is O=C(O)C(Cl)c1c(Cl)cc(Cl)cc1Cl. The lowest BCUT2D eigenvalue weighted by Crippen LogP contribution is -2.06. The molecule has 6 heteroatoms. The van der Waals surface area contributed by atoms with Crippen molar-refractivity contribution in [2.75, 3.05) is 0 Å². The first-order chi connectivity index (χ1) is 6.43. The van der Waals surface area contributed by atoms with Crippen LogP contribution in [0.15, 0.2) is 12.1 Å². The van der Waals surface area contributed by atoms with Gasteiger partial charge in [-0.05, 0) is 12.1 Å². The molecule has 0 spiro atoms. The zero-order chi connectivity index (χ0) is 10.9. The predicted octanol–water partition coefficient (Wildman–Crippen LogP) is 4.01. The van der Waals surface area contributed by atoms with Gasteiger partial charge in [0.1, 0.15) is 0 Å². The molecule has 76 valence electrons. The van der Waals surface area contributed by atoms with Crippen molar-refractivity contribution >= 4 is 52.4 Å². The van der Waals surface area contributed by atoms with E-state index < -0.39 is 11.3 Å². The molecule has 0 radical (unpaired) electrons. The summed E-state index contributed by atoms with van der Waals surface area (Å²) in [7, 11) is 0. The predicted molar refractivity (Wildman–Crippen MR) is 57.7 cm³/mol. The molecule has 1 N–H and O–H groups in total. The number of benzene rings is 1. The lowest BCUT2D eigenvalue weighted by molar-refractivity contribution is -0.136. The first-order valence-electron chi connectivity index (χ1n) is 3.44. The summed E-state index contributed by atoms with van der Waals surface area (Å²) in [5.41, 5.74) is 0.159. The molecule has 0 aromatic heterocycles. The van der Waals surface area contributed by atoms with Crippen LogP contribution in [0.2, 0.25) is 15.1 Å². The molecule has 0 amide bonds. The van der Waals surface area contributed by atoms with Gasteiger partial charge in [-0.25, -0.2) is 0 Å². The van der Waals surface area contributed by atoms with Gasteiger partial charge in [0.05, 0.1) is 0 Å². The second-order valence-electron chi connectivity index (χ2n) is 2.48. The molecule has 0 aliphatic carbocycles. The number of hydrogen-bond acceptors (Lipinski definition) is 1. The number of halogens is 4. The molecule has 14 heavy (non-hydrogen) atoms. The van der Waals surface area contributed by atoms with Crippen molar-refractivity contribution in [3.05, 3.63) is 32.8 Å². The monoisotopic (exact) mass is 272 g/mol. The molecule has 1 aromatic rings. The van der Waals surface area contributed by atoms with Crippen LogP contribution in [0.4, 0.5) is 0 Å². The van der Waals surface area contributed by atoms with Gasteiger partial charge in [-0.15, -0.1) is 11.6 Å². The quantitative estimate of drug-likeness (QED) is 0.827. The Morgan fingerprint density at radius 3 is 2.00 bits per heavy atom. The van der Waals surface area contributed by atoms with Crippen molar-refractivity contribution in [3.63, 3.8) is 0 Å². The fourth-order valence-corrected chi connectivity index (χ4v) is 2.30. The average molecular weight is 274 g/mol. The molecule has 1 unspecified atom stereocenters. The highest BCUT2D eigenvalue weighted by molar-refractivity contribution is 6.41. The van der Waals surface area contributed by atoms with Crippen molar-refractivity contribution in [3.8, 4) is 0 Å². The molecule has 1 rings (SSSR count). The Morgan fingerprint density at radius 1 is 1.21 bits per heavy atom. The number of carboxylic acid groups (broad SMARTS) is 1. The van der Waals surface area contributed by atoms with Gasteiger partial charge in [-0.3, -0.25) is 4.79 Å². The van der Waals surface area contributed by atoms with Crippen LogP contribution >= 0.6 is 46.4 Å². The first-order valence-corrected chi connectivity index (χ1v) is 5.02. The molecule has 0 bridgehead atoms. The first kappa shape index (κ1) is 11.9. The molecule has 1 atom stereocenters. The summed E-state index contributed by atoms with van der Waals surface area (Å²) in [4.78, 5) is 10.6. The van der Waals surface area contributed by atoms with Gasteiger partial charge < -0.3 is 5.11 Å². The van der Waals surface area contributed by atoms with Crippen LogP contribution in [0, 0.1) is 0 Å². The van der Waals surface area contributed by atoms with Gasteiger partial charge in [-0.2, -0.15) is 0 Å². The third kappa shape index (κ3) is 2.45. The van der Waals surface area contributed by atoms with E-state index in [0.29, 0.717) is 5.02 Å². The molecular weight excluding hydrogens is 270 g/mol. The maximum absolute atomic E-state index is 10.6. The normalized spacial score (nSPS) is 12.6. The number of alkyl halides is 1. The van der Waals surface area contributed by atoms with E-state index in [0.717, 1.165) is 0 Å². The second kappa shape index (κ2) is 4.58. The summed E-state index contributed by atoms with van der Waals surface area (Å²) in [6.45, 7) is 0. The van der Waals surface area contributed by atoms with Gasteiger partial charge in [0.2, 0.25) is 0 Å². The Hall–Kier alpha value is -0.150. The topological polar surface area (TPSA) is 37.3 Å². The third-order valence-electron chi connectivity index (χ3n) is 1.51. The van der Waals surface area contributed by atoms with E-state index in [1.165, 1.54) is 12.1 Å². The van der Waals surface area contributed by atoms with E-state index in [1.807, 2.05) is 0 Å². The van der Waals surface area contributed by atoms with E-state index in [4.69, 9.17) is 51.5 Å². The summed E-state index contributed by atoms with van der Waals surface area (Å²) in [5.74, 6) is -1.21. The van der Waals surface area contributed by atoms with Gasteiger partial charge in [0, 0.05) is 20.6 Å². The van der Waals surface area contributed by atoms with E-state index in [-0.39, 0.29) is 15.6 Å². The highest BCUT2D eigenvalue weighted by Crippen LogP contribution is 2.36. The minimum atomic E-state index is -1.27.